The molecule has 0 fully saturated rings. The van der Waals surface area contributed by atoms with Gasteiger partial charge in [0.15, 0.2) is 5.78 Å². The average Bonchev–Trinajstić information content (AvgIpc) is 3.15. The molecule has 0 N–H and O–H groups in total. The average molecular weight is 416 g/mol. The van der Waals surface area contributed by atoms with Crippen molar-refractivity contribution in [1.29, 1.82) is 0 Å². The van der Waals surface area contributed by atoms with E-state index in [0.29, 0.717) is 16.5 Å². The van der Waals surface area contributed by atoms with Gasteiger partial charge in [-0.15, -0.1) is 0 Å². The lowest BCUT2D eigenvalue weighted by Crippen LogP contribution is -2.22. The summed E-state index contributed by atoms with van der Waals surface area (Å²) in [4.78, 5) is 12.5. The number of carbonyl (C=O) groups is 1. The van der Waals surface area contributed by atoms with Crippen LogP contribution in [-0.4, -0.2) is 32.6 Å². The number of rotatable bonds is 6. The lowest BCUT2D eigenvalue weighted by Gasteiger charge is -2.11. The Bertz CT molecular complexity index is 1130. The topological polar surface area (TPSA) is 67.6 Å². The van der Waals surface area contributed by atoms with E-state index in [4.69, 9.17) is 16.0 Å². The van der Waals surface area contributed by atoms with Crippen LogP contribution in [0.15, 0.2) is 76.1 Å². The van der Waals surface area contributed by atoms with Crippen molar-refractivity contribution >= 4 is 33.5 Å². The molecule has 0 aliphatic heterocycles. The minimum absolute atomic E-state index is 0.0692. The van der Waals surface area contributed by atoms with Crippen LogP contribution in [0.2, 0.25) is 5.02 Å². The zero-order chi connectivity index (χ0) is 20.3. The first kappa shape index (κ1) is 20.1. The second-order valence-corrected chi connectivity index (χ2v) is 8.81. The maximum absolute atomic E-state index is 12.4. The highest BCUT2D eigenvalue weighted by Crippen LogP contribution is 2.24. The van der Waals surface area contributed by atoms with Crippen LogP contribution in [0.25, 0.3) is 17.4 Å². The largest absolute Gasteiger partial charge is 0.457 e. The van der Waals surface area contributed by atoms with Crippen molar-refractivity contribution in [3.63, 3.8) is 0 Å². The second-order valence-electron chi connectivity index (χ2n) is 6.22. The third kappa shape index (κ3) is 4.42. The minimum atomic E-state index is -3.60. The normalized spacial score (nSPS) is 12.0. The molecule has 144 valence electrons. The molecule has 0 unspecified atom stereocenters. The maximum atomic E-state index is 12.4. The van der Waals surface area contributed by atoms with E-state index < -0.39 is 10.0 Å². The Hall–Kier alpha value is -2.67. The molecule has 0 spiro atoms. The van der Waals surface area contributed by atoms with Crippen molar-refractivity contribution in [2.45, 2.75) is 4.90 Å². The molecule has 3 aromatic rings. The number of halogens is 1. The quantitative estimate of drug-likeness (QED) is 0.430. The summed E-state index contributed by atoms with van der Waals surface area (Å²) in [5.74, 6) is 0.846. The smallest absolute Gasteiger partial charge is 0.242 e. The molecular weight excluding hydrogens is 398 g/mol. The van der Waals surface area contributed by atoms with E-state index in [1.54, 1.807) is 42.5 Å². The molecule has 1 aromatic heterocycles. The van der Waals surface area contributed by atoms with E-state index in [0.717, 1.165) is 9.87 Å². The fourth-order valence-corrected chi connectivity index (χ4v) is 3.56. The predicted octanol–water partition coefficient (Wildman–Crippen LogP) is 4.75. The molecule has 0 amide bonds. The van der Waals surface area contributed by atoms with E-state index in [-0.39, 0.29) is 16.2 Å². The molecule has 0 atom stereocenters. The van der Waals surface area contributed by atoms with Crippen LogP contribution >= 0.6 is 11.6 Å². The Labute approximate surface area is 168 Å². The molecule has 0 saturated carbocycles. The molecule has 0 radical (unpaired) electrons. The Balaban J connectivity index is 1.78. The van der Waals surface area contributed by atoms with Gasteiger partial charge in [-0.1, -0.05) is 23.7 Å². The van der Waals surface area contributed by atoms with Crippen molar-refractivity contribution in [3.8, 4) is 11.3 Å². The highest BCUT2D eigenvalue weighted by molar-refractivity contribution is 7.89. The van der Waals surface area contributed by atoms with Crippen LogP contribution in [-0.2, 0) is 10.0 Å². The Kier molecular flexibility index (Phi) is 5.84. The Morgan fingerprint density at radius 2 is 1.75 bits per heavy atom. The molecule has 0 saturated heterocycles. The van der Waals surface area contributed by atoms with Crippen LogP contribution in [0.1, 0.15) is 16.1 Å². The molecule has 0 aliphatic rings. The molecule has 2 aromatic carbocycles. The summed E-state index contributed by atoms with van der Waals surface area (Å²) in [6.07, 6.45) is 2.90. The van der Waals surface area contributed by atoms with Gasteiger partial charge in [0, 0.05) is 30.2 Å². The molecule has 3 rings (SSSR count). The number of nitrogens with zero attached hydrogens (tertiary/aromatic N) is 1. The number of allylic oxidation sites excluding steroid dienone is 1. The molecule has 7 heteroatoms. The number of hydrogen-bond acceptors (Lipinski definition) is 4. The van der Waals surface area contributed by atoms with Crippen LogP contribution in [0.5, 0.6) is 0 Å². The fraction of sp³-hybridized carbons (Fsp3) is 0.0952. The SMILES string of the molecule is CN(C)S(=O)(=O)c1cccc(C(=O)C=Cc2ccc(-c3ccc(Cl)cc3)o2)c1. The second kappa shape index (κ2) is 8.14. The summed E-state index contributed by atoms with van der Waals surface area (Å²) in [7, 11) is -0.715. The number of sulfonamides is 1. The van der Waals surface area contributed by atoms with Gasteiger partial charge < -0.3 is 4.42 Å². The highest BCUT2D eigenvalue weighted by Gasteiger charge is 2.18. The maximum Gasteiger partial charge on any atom is 0.242 e. The number of hydrogen-bond donors (Lipinski definition) is 0. The Morgan fingerprint density at radius 3 is 2.43 bits per heavy atom. The van der Waals surface area contributed by atoms with Gasteiger partial charge in [0.05, 0.1) is 4.90 Å². The van der Waals surface area contributed by atoms with Gasteiger partial charge in [-0.2, -0.15) is 0 Å². The minimum Gasteiger partial charge on any atom is -0.457 e. The predicted molar refractivity (Wildman–Crippen MR) is 110 cm³/mol. The molecule has 1 heterocycles. The summed E-state index contributed by atoms with van der Waals surface area (Å²) < 4.78 is 31.3. The van der Waals surface area contributed by atoms with E-state index in [2.05, 4.69) is 0 Å². The van der Waals surface area contributed by atoms with E-state index in [1.807, 2.05) is 12.1 Å². The third-order valence-corrected chi connectivity index (χ3v) is 6.11. The van der Waals surface area contributed by atoms with Crippen molar-refractivity contribution in [2.75, 3.05) is 14.1 Å². The first-order valence-corrected chi connectivity index (χ1v) is 10.2. The van der Waals surface area contributed by atoms with Gasteiger partial charge in [0.25, 0.3) is 0 Å². The van der Waals surface area contributed by atoms with Gasteiger partial charge in [-0.3, -0.25) is 4.79 Å². The van der Waals surface area contributed by atoms with Crippen LogP contribution < -0.4 is 0 Å². The summed E-state index contributed by atoms with van der Waals surface area (Å²) in [6.45, 7) is 0. The number of furan rings is 1. The molecular formula is C21H18ClNO4S. The summed E-state index contributed by atoms with van der Waals surface area (Å²) in [5, 5.41) is 0.638. The summed E-state index contributed by atoms with van der Waals surface area (Å²) >= 11 is 5.88. The van der Waals surface area contributed by atoms with Crippen molar-refractivity contribution in [2.24, 2.45) is 0 Å². The van der Waals surface area contributed by atoms with E-state index in [1.165, 1.54) is 32.3 Å². The summed E-state index contributed by atoms with van der Waals surface area (Å²) in [5.41, 5.74) is 1.15. The standard InChI is InChI=1S/C21H18ClNO4S/c1-23(2)28(25,26)19-5-3-4-16(14-19)20(24)12-10-18-11-13-21(27-18)15-6-8-17(22)9-7-15/h3-14H,1-2H3. The lowest BCUT2D eigenvalue weighted by molar-refractivity contribution is 0.104. The van der Waals surface area contributed by atoms with Gasteiger partial charge >= 0.3 is 0 Å². The molecule has 28 heavy (non-hydrogen) atoms. The fourth-order valence-electron chi connectivity index (χ4n) is 2.49. The first-order chi connectivity index (χ1) is 13.3. The molecule has 0 bridgehead atoms. The lowest BCUT2D eigenvalue weighted by atomic mass is 10.1. The third-order valence-electron chi connectivity index (χ3n) is 4.05. The number of ketones is 1. The van der Waals surface area contributed by atoms with Gasteiger partial charge in [-0.25, -0.2) is 12.7 Å². The van der Waals surface area contributed by atoms with Gasteiger partial charge in [0.1, 0.15) is 11.5 Å². The molecule has 0 aliphatic carbocycles. The van der Waals surface area contributed by atoms with E-state index in [9.17, 15) is 13.2 Å². The van der Waals surface area contributed by atoms with Crippen LogP contribution in [0, 0.1) is 0 Å². The summed E-state index contributed by atoms with van der Waals surface area (Å²) in [6, 6.07) is 16.7. The number of carbonyl (C=O) groups excluding carboxylic acids is 1. The van der Waals surface area contributed by atoms with Gasteiger partial charge in [0.2, 0.25) is 10.0 Å². The number of benzene rings is 2. The zero-order valence-electron chi connectivity index (χ0n) is 15.3. The highest BCUT2D eigenvalue weighted by atomic mass is 35.5. The van der Waals surface area contributed by atoms with E-state index >= 15 is 0 Å². The van der Waals surface area contributed by atoms with Gasteiger partial charge in [-0.05, 0) is 60.7 Å². The van der Waals surface area contributed by atoms with Crippen molar-refractivity contribution < 1.29 is 17.6 Å². The van der Waals surface area contributed by atoms with Crippen molar-refractivity contribution in [3.05, 3.63) is 83.1 Å². The van der Waals surface area contributed by atoms with Crippen LogP contribution in [0.4, 0.5) is 0 Å². The molecule has 5 nitrogen and oxygen atoms in total. The Morgan fingerprint density at radius 1 is 1.04 bits per heavy atom. The zero-order valence-corrected chi connectivity index (χ0v) is 16.9. The van der Waals surface area contributed by atoms with Crippen molar-refractivity contribution in [1.82, 2.24) is 4.31 Å². The van der Waals surface area contributed by atoms with Crippen LogP contribution in [0.3, 0.4) is 0 Å². The first-order valence-electron chi connectivity index (χ1n) is 8.38. The monoisotopic (exact) mass is 415 g/mol.